The van der Waals surface area contributed by atoms with Crippen molar-refractivity contribution in [2.24, 2.45) is 0 Å². The number of benzene rings is 3. The van der Waals surface area contributed by atoms with E-state index in [4.69, 9.17) is 19.3 Å². The summed E-state index contributed by atoms with van der Waals surface area (Å²) in [7, 11) is 0. The molecule has 4 aromatic rings. The van der Waals surface area contributed by atoms with Crippen molar-refractivity contribution in [1.29, 1.82) is 0 Å². The molecule has 176 valence electrons. The van der Waals surface area contributed by atoms with Gasteiger partial charge in [-0.2, -0.15) is 5.10 Å². The fourth-order valence-electron chi connectivity index (χ4n) is 3.78. The summed E-state index contributed by atoms with van der Waals surface area (Å²) >= 11 is 0. The Morgan fingerprint density at radius 3 is 2.32 bits per heavy atom. The van der Waals surface area contributed by atoms with Crippen molar-refractivity contribution in [3.63, 3.8) is 0 Å². The first kappa shape index (κ1) is 23.2. The zero-order valence-corrected chi connectivity index (χ0v) is 19.1. The molecule has 0 fully saturated rings. The Kier molecular flexibility index (Phi) is 7.65. The first-order chi connectivity index (χ1) is 16.7. The number of carbonyl (C=O) groups is 1. The van der Waals surface area contributed by atoms with E-state index in [9.17, 15) is 4.79 Å². The van der Waals surface area contributed by atoms with E-state index in [1.165, 1.54) is 0 Å². The SMILES string of the molecule is CCCc1c(OCCCOc2ccc(OCC(=O)O)cc2)ccc2c(-c3ccccc3)[nH]nc12. The average Bonchev–Trinajstić information content (AvgIpc) is 3.29. The number of aliphatic carboxylic acids is 1. The second kappa shape index (κ2) is 11.2. The predicted octanol–water partition coefficient (Wildman–Crippen LogP) is 5.49. The zero-order chi connectivity index (χ0) is 23.8. The van der Waals surface area contributed by atoms with Gasteiger partial charge in [0.2, 0.25) is 0 Å². The van der Waals surface area contributed by atoms with Crippen molar-refractivity contribution in [2.75, 3.05) is 19.8 Å². The molecule has 0 aliphatic rings. The monoisotopic (exact) mass is 460 g/mol. The lowest BCUT2D eigenvalue weighted by Crippen LogP contribution is -2.09. The van der Waals surface area contributed by atoms with Crippen LogP contribution < -0.4 is 14.2 Å². The minimum atomic E-state index is -1.01. The number of rotatable bonds is 12. The molecule has 2 N–H and O–H groups in total. The third kappa shape index (κ3) is 5.67. The Balaban J connectivity index is 1.34. The molecule has 4 rings (SSSR count). The van der Waals surface area contributed by atoms with Gasteiger partial charge < -0.3 is 19.3 Å². The summed E-state index contributed by atoms with van der Waals surface area (Å²) in [4.78, 5) is 10.6. The van der Waals surface area contributed by atoms with Crippen molar-refractivity contribution in [2.45, 2.75) is 26.2 Å². The third-order valence-corrected chi connectivity index (χ3v) is 5.35. The van der Waals surface area contributed by atoms with Gasteiger partial charge in [0, 0.05) is 22.9 Å². The predicted molar refractivity (Wildman–Crippen MR) is 131 cm³/mol. The summed E-state index contributed by atoms with van der Waals surface area (Å²) in [6.07, 6.45) is 2.60. The second-order valence-corrected chi connectivity index (χ2v) is 7.86. The standard InChI is InChI=1S/C27H28N2O5/c1-2-7-22-24(15-14-23-26(28-29-27(22)23)19-8-4-3-5-9-19)33-17-6-16-32-20-10-12-21(13-11-20)34-18-25(30)31/h3-5,8-15H,2,6-7,16-18H2,1H3,(H,28,29)(H,30,31). The molecule has 0 atom stereocenters. The first-order valence-corrected chi connectivity index (χ1v) is 11.4. The normalized spacial score (nSPS) is 10.9. The van der Waals surface area contributed by atoms with Crippen molar-refractivity contribution in [3.8, 4) is 28.5 Å². The average molecular weight is 461 g/mol. The van der Waals surface area contributed by atoms with E-state index in [1.54, 1.807) is 24.3 Å². The van der Waals surface area contributed by atoms with E-state index in [0.717, 1.165) is 52.7 Å². The van der Waals surface area contributed by atoms with Crippen molar-refractivity contribution in [1.82, 2.24) is 10.2 Å². The maximum Gasteiger partial charge on any atom is 0.341 e. The van der Waals surface area contributed by atoms with E-state index in [0.29, 0.717) is 24.7 Å². The Morgan fingerprint density at radius 2 is 1.62 bits per heavy atom. The zero-order valence-electron chi connectivity index (χ0n) is 19.1. The van der Waals surface area contributed by atoms with Gasteiger partial charge in [0.15, 0.2) is 6.61 Å². The molecular formula is C27H28N2O5. The van der Waals surface area contributed by atoms with Crippen LogP contribution in [-0.4, -0.2) is 41.1 Å². The summed E-state index contributed by atoms with van der Waals surface area (Å²) < 4.78 is 17.0. The first-order valence-electron chi connectivity index (χ1n) is 11.4. The summed E-state index contributed by atoms with van der Waals surface area (Å²) in [5.74, 6) is 1.04. The number of hydrogen-bond acceptors (Lipinski definition) is 5. The lowest BCUT2D eigenvalue weighted by Gasteiger charge is -2.12. The Hall–Kier alpha value is -4.00. The fraction of sp³-hybridized carbons (Fsp3) is 0.259. The third-order valence-electron chi connectivity index (χ3n) is 5.35. The van der Waals surface area contributed by atoms with Crippen LogP contribution in [0.2, 0.25) is 0 Å². The highest BCUT2D eigenvalue weighted by Gasteiger charge is 2.15. The molecule has 0 aliphatic heterocycles. The van der Waals surface area contributed by atoms with Gasteiger partial charge in [-0.15, -0.1) is 0 Å². The smallest absolute Gasteiger partial charge is 0.341 e. The summed E-state index contributed by atoms with van der Waals surface area (Å²) in [6.45, 7) is 2.81. The van der Waals surface area contributed by atoms with Crippen LogP contribution >= 0.6 is 0 Å². The molecule has 1 heterocycles. The molecular weight excluding hydrogens is 432 g/mol. The number of carboxylic acids is 1. The lowest BCUT2D eigenvalue weighted by molar-refractivity contribution is -0.139. The van der Waals surface area contributed by atoms with Gasteiger partial charge >= 0.3 is 5.97 Å². The van der Waals surface area contributed by atoms with Crippen molar-refractivity contribution >= 4 is 16.9 Å². The Labute approximate surface area is 198 Å². The van der Waals surface area contributed by atoms with E-state index in [1.807, 2.05) is 24.3 Å². The molecule has 0 radical (unpaired) electrons. The van der Waals surface area contributed by atoms with Crippen LogP contribution in [0.4, 0.5) is 0 Å². The minimum Gasteiger partial charge on any atom is -0.493 e. The van der Waals surface area contributed by atoms with Crippen LogP contribution in [0, 0.1) is 0 Å². The molecule has 0 saturated heterocycles. The molecule has 34 heavy (non-hydrogen) atoms. The largest absolute Gasteiger partial charge is 0.493 e. The molecule has 7 heteroatoms. The quantitative estimate of drug-likeness (QED) is 0.271. The Morgan fingerprint density at radius 1 is 0.912 bits per heavy atom. The van der Waals surface area contributed by atoms with E-state index in [2.05, 4.69) is 35.3 Å². The van der Waals surface area contributed by atoms with E-state index < -0.39 is 5.97 Å². The number of fused-ring (bicyclic) bond motifs is 1. The van der Waals surface area contributed by atoms with Gasteiger partial charge in [-0.05, 0) is 42.8 Å². The highest BCUT2D eigenvalue weighted by Crippen LogP contribution is 2.33. The van der Waals surface area contributed by atoms with E-state index >= 15 is 0 Å². The molecule has 3 aromatic carbocycles. The lowest BCUT2D eigenvalue weighted by atomic mass is 10.0. The number of H-pyrrole nitrogens is 1. The van der Waals surface area contributed by atoms with Gasteiger partial charge in [-0.1, -0.05) is 43.7 Å². The number of carboxylic acid groups (broad SMARTS) is 1. The number of aromatic amines is 1. The van der Waals surface area contributed by atoms with Crippen LogP contribution in [-0.2, 0) is 11.2 Å². The van der Waals surface area contributed by atoms with E-state index in [-0.39, 0.29) is 6.61 Å². The maximum atomic E-state index is 10.6. The maximum absolute atomic E-state index is 10.6. The molecule has 0 amide bonds. The van der Waals surface area contributed by atoms with Gasteiger partial charge in [-0.3, -0.25) is 5.10 Å². The van der Waals surface area contributed by atoms with Crippen molar-refractivity contribution in [3.05, 3.63) is 72.3 Å². The minimum absolute atomic E-state index is 0.366. The number of nitrogens with zero attached hydrogens (tertiary/aromatic N) is 1. The number of nitrogens with one attached hydrogen (secondary N) is 1. The molecule has 0 aliphatic carbocycles. The molecule has 7 nitrogen and oxygen atoms in total. The highest BCUT2D eigenvalue weighted by molar-refractivity contribution is 5.95. The van der Waals surface area contributed by atoms with Crippen LogP contribution in [0.1, 0.15) is 25.3 Å². The number of aromatic nitrogens is 2. The molecule has 0 bridgehead atoms. The van der Waals surface area contributed by atoms with Crippen LogP contribution in [0.5, 0.6) is 17.2 Å². The summed E-state index contributed by atoms with van der Waals surface area (Å²) in [5.41, 5.74) is 4.21. The summed E-state index contributed by atoms with van der Waals surface area (Å²) in [6, 6.07) is 21.2. The van der Waals surface area contributed by atoms with Crippen LogP contribution in [0.25, 0.3) is 22.2 Å². The number of hydrogen-bond donors (Lipinski definition) is 2. The Bertz CT molecular complexity index is 1220. The molecule has 1 aromatic heterocycles. The molecule has 0 saturated carbocycles. The second-order valence-electron chi connectivity index (χ2n) is 7.86. The highest BCUT2D eigenvalue weighted by atomic mass is 16.5. The number of ether oxygens (including phenoxy) is 3. The van der Waals surface area contributed by atoms with Gasteiger partial charge in [0.05, 0.1) is 24.4 Å². The fourth-order valence-corrected chi connectivity index (χ4v) is 3.78. The topological polar surface area (TPSA) is 93.7 Å². The van der Waals surface area contributed by atoms with Gasteiger partial charge in [0.25, 0.3) is 0 Å². The van der Waals surface area contributed by atoms with Crippen LogP contribution in [0.15, 0.2) is 66.7 Å². The van der Waals surface area contributed by atoms with Crippen molar-refractivity contribution < 1.29 is 24.1 Å². The summed E-state index contributed by atoms with van der Waals surface area (Å²) in [5, 5.41) is 17.6. The van der Waals surface area contributed by atoms with Gasteiger partial charge in [0.1, 0.15) is 17.2 Å². The van der Waals surface area contributed by atoms with Crippen LogP contribution in [0.3, 0.4) is 0 Å². The molecule has 0 spiro atoms. The van der Waals surface area contributed by atoms with Gasteiger partial charge in [-0.25, -0.2) is 4.79 Å². The molecule has 0 unspecified atom stereocenters. The number of aryl methyl sites for hydroxylation is 1.